The molecule has 0 saturated carbocycles. The third-order valence-electron chi connectivity index (χ3n) is 8.79. The summed E-state index contributed by atoms with van der Waals surface area (Å²) in [7, 11) is 1.92. The Labute approximate surface area is 299 Å². The smallest absolute Gasteiger partial charge is 0.0337 e. The number of aryl methyl sites for hydroxylation is 1. The van der Waals surface area contributed by atoms with E-state index in [-0.39, 0.29) is 10.8 Å². The lowest BCUT2D eigenvalue weighted by molar-refractivity contribution is 0.234. The first-order valence-corrected chi connectivity index (χ1v) is 17.3. The maximum atomic E-state index is 4.03. The van der Waals surface area contributed by atoms with Crippen molar-refractivity contribution in [1.29, 1.82) is 0 Å². The molecule has 48 heavy (non-hydrogen) atoms. The molecule has 0 spiro atoms. The van der Waals surface area contributed by atoms with Crippen LogP contribution in [0.25, 0.3) is 5.57 Å². The van der Waals surface area contributed by atoms with Crippen molar-refractivity contribution in [2.45, 2.75) is 94.9 Å². The number of rotatable bonds is 16. The van der Waals surface area contributed by atoms with Crippen molar-refractivity contribution < 1.29 is 0 Å². The van der Waals surface area contributed by atoms with Crippen LogP contribution in [0, 0.1) is 17.8 Å². The lowest BCUT2D eigenvalue weighted by Gasteiger charge is -2.36. The first-order chi connectivity index (χ1) is 22.6. The number of nitrogens with one attached hydrogen (secondary N) is 1. The largest absolute Gasteiger partial charge is 0.388 e. The summed E-state index contributed by atoms with van der Waals surface area (Å²) in [5, 5.41) is 3.15. The molecular weight excluding hydrogens is 579 g/mol. The van der Waals surface area contributed by atoms with Crippen LogP contribution in [-0.4, -0.2) is 7.05 Å². The highest BCUT2D eigenvalue weighted by Gasteiger charge is 2.30. The van der Waals surface area contributed by atoms with Gasteiger partial charge >= 0.3 is 0 Å². The molecular formula is C47H71N. The highest BCUT2D eigenvalue weighted by molar-refractivity contribution is 5.75. The highest BCUT2D eigenvalue weighted by atomic mass is 14.8. The fraction of sp³-hybridized carbons (Fsp3) is 0.362. The van der Waals surface area contributed by atoms with Gasteiger partial charge in [-0.25, -0.2) is 0 Å². The number of benzene rings is 1. The van der Waals surface area contributed by atoms with Crippen LogP contribution in [-0.2, 0) is 0 Å². The standard InChI is InChI=1S/C19H27N.C16H20.C10H18.C2H6/c1-7-14(4)19-13-17(11-10-15(19)5)16(8-2)12-18(9-3)20-6;1-7-11-15(9-3)13(5)14(6)16(10-4)12-8-2;1-7-9(3,4)10(5,6)8-2;1-2/h8-14,20H,3,7H2,1-2,4-6H3;7,9-12H,1,3-6,8H2,2H3;7-8H,1-2H2,3-6H3;1-2H3/b16-8+,18-12+;15-11+,16-12+;;. The summed E-state index contributed by atoms with van der Waals surface area (Å²) in [4.78, 5) is 0. The van der Waals surface area contributed by atoms with Gasteiger partial charge in [0.1, 0.15) is 0 Å². The van der Waals surface area contributed by atoms with Gasteiger partial charge in [-0.3, -0.25) is 0 Å². The summed E-state index contributed by atoms with van der Waals surface area (Å²) in [5.41, 5.74) is 10.3. The molecule has 1 unspecified atom stereocenters. The molecule has 0 bridgehead atoms. The average Bonchev–Trinajstić information content (AvgIpc) is 3.10. The van der Waals surface area contributed by atoms with E-state index in [0.29, 0.717) is 5.92 Å². The van der Waals surface area contributed by atoms with E-state index >= 15 is 0 Å². The van der Waals surface area contributed by atoms with E-state index in [9.17, 15) is 0 Å². The molecule has 0 aliphatic heterocycles. The van der Waals surface area contributed by atoms with Crippen molar-refractivity contribution in [3.8, 4) is 0 Å². The number of allylic oxidation sites excluding steroid dienone is 15. The predicted octanol–water partition coefficient (Wildman–Crippen LogP) is 14.6. The minimum Gasteiger partial charge on any atom is -0.388 e. The number of hydrogen-bond acceptors (Lipinski definition) is 1. The van der Waals surface area contributed by atoms with Gasteiger partial charge in [0.2, 0.25) is 0 Å². The van der Waals surface area contributed by atoms with Crippen LogP contribution in [0.4, 0.5) is 0 Å². The van der Waals surface area contributed by atoms with Gasteiger partial charge in [0.25, 0.3) is 0 Å². The van der Waals surface area contributed by atoms with E-state index < -0.39 is 0 Å². The van der Waals surface area contributed by atoms with Crippen LogP contribution >= 0.6 is 0 Å². The van der Waals surface area contributed by atoms with Crippen LogP contribution in [0.3, 0.4) is 0 Å². The summed E-state index contributed by atoms with van der Waals surface area (Å²) in [6.07, 6.45) is 21.4. The molecule has 1 atom stereocenters. The van der Waals surface area contributed by atoms with Gasteiger partial charge in [-0.2, -0.15) is 0 Å². The maximum absolute atomic E-state index is 4.03. The Hall–Kier alpha value is -4.10. The van der Waals surface area contributed by atoms with Gasteiger partial charge in [-0.15, -0.1) is 13.2 Å². The average molecular weight is 650 g/mol. The highest BCUT2D eigenvalue weighted by Crippen LogP contribution is 2.39. The van der Waals surface area contributed by atoms with Crippen LogP contribution < -0.4 is 5.32 Å². The van der Waals surface area contributed by atoms with Gasteiger partial charge in [0.05, 0.1) is 0 Å². The molecule has 0 amide bonds. The van der Waals surface area contributed by atoms with E-state index in [1.54, 1.807) is 18.2 Å². The molecule has 1 rings (SSSR count). The third-order valence-corrected chi connectivity index (χ3v) is 8.79. The van der Waals surface area contributed by atoms with E-state index in [1.807, 2.05) is 45.2 Å². The first-order valence-electron chi connectivity index (χ1n) is 17.3. The summed E-state index contributed by atoms with van der Waals surface area (Å²) in [6, 6.07) is 6.75. The minimum absolute atomic E-state index is 0.134. The van der Waals surface area contributed by atoms with Gasteiger partial charge in [0, 0.05) is 12.7 Å². The van der Waals surface area contributed by atoms with E-state index in [1.165, 1.54) is 28.7 Å². The quantitative estimate of drug-likeness (QED) is 0.139. The molecule has 0 fully saturated rings. The second-order valence-electron chi connectivity index (χ2n) is 12.3. The van der Waals surface area contributed by atoms with Gasteiger partial charge in [-0.05, 0) is 100 Å². The SMILES string of the molecule is C=C/C(=C\C(=C/C)c1ccc(C)c(C(C)CC)c1)NC.C=C/C=C(\C=C)C(=C)C(=C)/C(C=C)=C/CC.C=CC(C)(C)C(C)(C)C=C.CC. The molecule has 0 radical (unpaired) electrons. The summed E-state index contributed by atoms with van der Waals surface area (Å²) in [6.45, 7) is 54.2. The van der Waals surface area contributed by atoms with Gasteiger partial charge in [-0.1, -0.05) is 169 Å². The van der Waals surface area contributed by atoms with Crippen LogP contribution in [0.1, 0.15) is 105 Å². The molecule has 0 aromatic heterocycles. The van der Waals surface area contributed by atoms with Crippen molar-refractivity contribution in [2.24, 2.45) is 10.8 Å². The first kappa shape index (κ1) is 48.3. The molecule has 1 aromatic carbocycles. The Morgan fingerprint density at radius 2 is 1.33 bits per heavy atom. The Kier molecular flexibility index (Phi) is 26.1. The Morgan fingerprint density at radius 1 is 0.833 bits per heavy atom. The van der Waals surface area contributed by atoms with Crippen molar-refractivity contribution in [1.82, 2.24) is 5.32 Å². The topological polar surface area (TPSA) is 12.0 Å². The molecule has 0 aliphatic carbocycles. The zero-order valence-electron chi connectivity index (χ0n) is 33.2. The Morgan fingerprint density at radius 3 is 1.69 bits per heavy atom. The second-order valence-corrected chi connectivity index (χ2v) is 12.3. The van der Waals surface area contributed by atoms with Crippen LogP contribution in [0.5, 0.6) is 0 Å². The van der Waals surface area contributed by atoms with Crippen LogP contribution in [0.15, 0.2) is 160 Å². The summed E-state index contributed by atoms with van der Waals surface area (Å²) >= 11 is 0. The number of hydrogen-bond donors (Lipinski definition) is 1. The lowest BCUT2D eigenvalue weighted by Crippen LogP contribution is -2.27. The molecule has 1 N–H and O–H groups in total. The molecule has 1 nitrogen and oxygen atoms in total. The Balaban J connectivity index is -0.000000649. The van der Waals surface area contributed by atoms with Crippen LogP contribution in [0.2, 0.25) is 0 Å². The van der Waals surface area contributed by atoms with E-state index in [4.69, 9.17) is 0 Å². The molecule has 0 aliphatic rings. The fourth-order valence-electron chi connectivity index (χ4n) is 4.15. The van der Waals surface area contributed by atoms with Crippen molar-refractivity contribution in [3.63, 3.8) is 0 Å². The van der Waals surface area contributed by atoms with Crippen molar-refractivity contribution in [2.75, 3.05) is 7.05 Å². The van der Waals surface area contributed by atoms with Gasteiger partial charge in [0.15, 0.2) is 0 Å². The molecule has 0 saturated heterocycles. The lowest BCUT2D eigenvalue weighted by atomic mass is 9.68. The van der Waals surface area contributed by atoms with E-state index in [2.05, 4.69) is 157 Å². The third kappa shape index (κ3) is 16.1. The van der Waals surface area contributed by atoms with Crippen molar-refractivity contribution in [3.05, 3.63) is 176 Å². The predicted molar refractivity (Wildman–Crippen MR) is 226 cm³/mol. The molecule has 264 valence electrons. The molecule has 1 aromatic rings. The molecule has 1 heteroatoms. The minimum atomic E-state index is 0.134. The zero-order valence-corrected chi connectivity index (χ0v) is 33.2. The molecule has 0 heterocycles. The normalized spacial score (nSPS) is 12.6. The van der Waals surface area contributed by atoms with Gasteiger partial charge < -0.3 is 5.32 Å². The fourth-order valence-corrected chi connectivity index (χ4v) is 4.15. The second kappa shape index (κ2) is 25.9. The number of likely N-dealkylation sites (N-methyl/N-ethyl adjacent to an activating group) is 1. The maximum Gasteiger partial charge on any atom is 0.0337 e. The van der Waals surface area contributed by atoms with Crippen molar-refractivity contribution >= 4 is 5.57 Å². The summed E-state index contributed by atoms with van der Waals surface area (Å²) in [5.74, 6) is 0.597. The monoisotopic (exact) mass is 650 g/mol. The summed E-state index contributed by atoms with van der Waals surface area (Å²) < 4.78 is 0. The zero-order chi connectivity index (χ0) is 38.1. The Bertz CT molecular complexity index is 1330. The van der Waals surface area contributed by atoms with E-state index in [0.717, 1.165) is 34.4 Å².